The summed E-state index contributed by atoms with van der Waals surface area (Å²) in [5.41, 5.74) is 3.12. The van der Waals surface area contributed by atoms with E-state index in [2.05, 4.69) is 50.6 Å². The van der Waals surface area contributed by atoms with Crippen molar-refractivity contribution < 1.29 is 4.79 Å². The molecule has 2 aliphatic rings. The molecule has 4 nitrogen and oxygen atoms in total. The quantitative estimate of drug-likeness (QED) is 0.855. The zero-order valence-corrected chi connectivity index (χ0v) is 14.2. The lowest BCUT2D eigenvalue weighted by atomic mass is 9.85. The van der Waals surface area contributed by atoms with Crippen LogP contribution in [0, 0.1) is 5.92 Å². The number of benzene rings is 1. The van der Waals surface area contributed by atoms with Gasteiger partial charge in [0, 0.05) is 29.3 Å². The monoisotopic (exact) mass is 351 g/mol. The van der Waals surface area contributed by atoms with E-state index < -0.39 is 0 Å². The van der Waals surface area contributed by atoms with Crippen LogP contribution in [-0.2, 0) is 4.79 Å². The Balaban J connectivity index is 1.84. The van der Waals surface area contributed by atoms with Crippen LogP contribution >= 0.6 is 15.9 Å². The van der Waals surface area contributed by atoms with Crippen molar-refractivity contribution in [3.63, 3.8) is 0 Å². The summed E-state index contributed by atoms with van der Waals surface area (Å²) in [7, 11) is 2.13. The van der Waals surface area contributed by atoms with E-state index in [1.54, 1.807) is 0 Å². The van der Waals surface area contributed by atoms with Crippen molar-refractivity contribution in [2.45, 2.75) is 32.2 Å². The van der Waals surface area contributed by atoms with E-state index >= 15 is 0 Å². The molecule has 1 heterocycles. The fourth-order valence-electron chi connectivity index (χ4n) is 3.13. The molecule has 114 valence electrons. The Kier molecular flexibility index (Phi) is 4.22. The zero-order chi connectivity index (χ0) is 15.0. The van der Waals surface area contributed by atoms with Crippen LogP contribution in [0.5, 0.6) is 0 Å². The normalized spacial score (nSPS) is 20.9. The Morgan fingerprint density at radius 3 is 2.81 bits per heavy atom. The van der Waals surface area contributed by atoms with E-state index in [0.717, 1.165) is 40.4 Å². The molecule has 1 atom stereocenters. The summed E-state index contributed by atoms with van der Waals surface area (Å²) in [6.45, 7) is 3.88. The average Bonchev–Trinajstić information content (AvgIpc) is 2.69. The smallest absolute Gasteiger partial charge is 0.246 e. The van der Waals surface area contributed by atoms with Crippen LogP contribution < -0.4 is 15.5 Å². The molecule has 0 radical (unpaired) electrons. The van der Waals surface area contributed by atoms with E-state index in [0.29, 0.717) is 0 Å². The number of hydrogen-bond donors (Lipinski definition) is 2. The highest BCUT2D eigenvalue weighted by molar-refractivity contribution is 9.10. The van der Waals surface area contributed by atoms with Gasteiger partial charge in [0.1, 0.15) is 6.04 Å². The van der Waals surface area contributed by atoms with Crippen LogP contribution in [0.1, 0.15) is 37.8 Å². The highest BCUT2D eigenvalue weighted by Gasteiger charge is 2.31. The Bertz CT molecular complexity index is 557. The predicted octanol–water partition coefficient (Wildman–Crippen LogP) is 3.29. The van der Waals surface area contributed by atoms with Gasteiger partial charge in [-0.1, -0.05) is 13.3 Å². The van der Waals surface area contributed by atoms with Crippen molar-refractivity contribution in [3.05, 3.63) is 22.2 Å². The maximum absolute atomic E-state index is 12.0. The second kappa shape index (κ2) is 5.97. The first-order chi connectivity index (χ1) is 10.1. The molecule has 1 fully saturated rings. The van der Waals surface area contributed by atoms with Crippen molar-refractivity contribution in [3.8, 4) is 0 Å². The molecule has 0 bridgehead atoms. The number of amides is 1. The minimum atomic E-state index is -0.229. The Morgan fingerprint density at radius 2 is 2.19 bits per heavy atom. The summed E-state index contributed by atoms with van der Waals surface area (Å²) in [5, 5.41) is 6.22. The van der Waals surface area contributed by atoms with Gasteiger partial charge in [-0.2, -0.15) is 0 Å². The van der Waals surface area contributed by atoms with Gasteiger partial charge in [-0.25, -0.2) is 0 Å². The van der Waals surface area contributed by atoms with Crippen molar-refractivity contribution in [1.29, 1.82) is 0 Å². The van der Waals surface area contributed by atoms with Crippen molar-refractivity contribution in [1.82, 2.24) is 5.32 Å². The van der Waals surface area contributed by atoms with Crippen LogP contribution in [0.25, 0.3) is 0 Å². The van der Waals surface area contributed by atoms with Crippen LogP contribution in [0.3, 0.4) is 0 Å². The van der Waals surface area contributed by atoms with Crippen LogP contribution in [-0.4, -0.2) is 26.0 Å². The lowest BCUT2D eigenvalue weighted by molar-refractivity contribution is -0.117. The highest BCUT2D eigenvalue weighted by Crippen LogP contribution is 2.39. The molecule has 2 N–H and O–H groups in total. The van der Waals surface area contributed by atoms with E-state index in [1.165, 1.54) is 19.3 Å². The molecule has 0 aromatic heterocycles. The summed E-state index contributed by atoms with van der Waals surface area (Å²) in [5.74, 6) is 0.858. The minimum absolute atomic E-state index is 0.0394. The number of fused-ring (bicyclic) bond motifs is 1. The first-order valence-electron chi connectivity index (χ1n) is 7.69. The van der Waals surface area contributed by atoms with Gasteiger partial charge in [0.05, 0.1) is 5.69 Å². The molecule has 1 amide bonds. The van der Waals surface area contributed by atoms with Crippen molar-refractivity contribution >= 4 is 33.2 Å². The number of nitrogens with one attached hydrogen (secondary N) is 2. The summed E-state index contributed by atoms with van der Waals surface area (Å²) in [6.07, 6.45) is 4.04. The van der Waals surface area contributed by atoms with Gasteiger partial charge in [-0.3, -0.25) is 4.79 Å². The zero-order valence-electron chi connectivity index (χ0n) is 12.6. The van der Waals surface area contributed by atoms with Crippen LogP contribution in [0.15, 0.2) is 16.6 Å². The Labute approximate surface area is 134 Å². The third kappa shape index (κ3) is 2.81. The average molecular weight is 352 g/mol. The number of anilines is 2. The largest absolute Gasteiger partial charge is 0.373 e. The molecular weight excluding hydrogens is 330 g/mol. The number of likely N-dealkylation sites (N-methyl/N-ethyl adjacent to an activating group) is 1. The molecule has 1 aliphatic carbocycles. The summed E-state index contributed by atoms with van der Waals surface area (Å²) in [4.78, 5) is 14.3. The van der Waals surface area contributed by atoms with Gasteiger partial charge < -0.3 is 15.5 Å². The molecule has 1 aliphatic heterocycles. The van der Waals surface area contributed by atoms with Gasteiger partial charge in [0.15, 0.2) is 0 Å². The number of carbonyl (C=O) groups is 1. The molecule has 0 saturated heterocycles. The number of nitrogens with zero attached hydrogens (tertiary/aromatic N) is 1. The summed E-state index contributed by atoms with van der Waals surface area (Å²) in [6, 6.07) is 3.94. The lowest BCUT2D eigenvalue weighted by Crippen LogP contribution is -2.29. The number of hydrogen-bond acceptors (Lipinski definition) is 3. The SMILES string of the molecule is CCNC1C(=O)Nc2cc(N(C)CC3CCC3)c(Br)cc21. The highest BCUT2D eigenvalue weighted by atomic mass is 79.9. The minimum Gasteiger partial charge on any atom is -0.373 e. The van der Waals surface area contributed by atoms with E-state index in [4.69, 9.17) is 0 Å². The predicted molar refractivity (Wildman–Crippen MR) is 89.8 cm³/mol. The topological polar surface area (TPSA) is 44.4 Å². The van der Waals surface area contributed by atoms with Gasteiger partial charge in [0.2, 0.25) is 5.91 Å². The third-order valence-corrected chi connectivity index (χ3v) is 5.16. The van der Waals surface area contributed by atoms with Crippen molar-refractivity contribution in [2.24, 2.45) is 5.92 Å². The molecule has 0 spiro atoms. The molecular formula is C16H22BrN3O. The maximum Gasteiger partial charge on any atom is 0.246 e. The molecule has 21 heavy (non-hydrogen) atoms. The molecule has 1 aromatic carbocycles. The molecule has 5 heteroatoms. The van der Waals surface area contributed by atoms with Gasteiger partial charge in [0.25, 0.3) is 0 Å². The van der Waals surface area contributed by atoms with E-state index in [-0.39, 0.29) is 11.9 Å². The third-order valence-electron chi connectivity index (χ3n) is 4.53. The van der Waals surface area contributed by atoms with E-state index in [1.807, 2.05) is 6.92 Å². The second-order valence-electron chi connectivity index (χ2n) is 6.05. The molecule has 1 unspecified atom stereocenters. The lowest BCUT2D eigenvalue weighted by Gasteiger charge is -2.32. The van der Waals surface area contributed by atoms with Gasteiger partial charge in [-0.05, 0) is 53.4 Å². The van der Waals surface area contributed by atoms with Crippen LogP contribution in [0.2, 0.25) is 0 Å². The summed E-state index contributed by atoms with van der Waals surface area (Å²) < 4.78 is 1.06. The van der Waals surface area contributed by atoms with Gasteiger partial charge in [-0.15, -0.1) is 0 Å². The molecule has 1 saturated carbocycles. The second-order valence-corrected chi connectivity index (χ2v) is 6.90. The summed E-state index contributed by atoms with van der Waals surface area (Å²) >= 11 is 3.67. The number of halogens is 1. The first-order valence-corrected chi connectivity index (χ1v) is 8.48. The molecule has 1 aromatic rings. The first kappa shape index (κ1) is 14.9. The fraction of sp³-hybridized carbons (Fsp3) is 0.562. The standard InChI is InChI=1S/C16H22BrN3O/c1-3-18-15-11-7-12(17)14(8-13(11)19-16(15)21)20(2)9-10-5-4-6-10/h7-8,10,15,18H,3-6,9H2,1-2H3,(H,19,21). The van der Waals surface area contributed by atoms with Crippen LogP contribution in [0.4, 0.5) is 11.4 Å². The number of carbonyl (C=O) groups excluding carboxylic acids is 1. The number of rotatable bonds is 5. The molecule has 3 rings (SSSR count). The Morgan fingerprint density at radius 1 is 1.43 bits per heavy atom. The van der Waals surface area contributed by atoms with Crippen molar-refractivity contribution in [2.75, 3.05) is 30.4 Å². The maximum atomic E-state index is 12.0. The van der Waals surface area contributed by atoms with E-state index in [9.17, 15) is 4.79 Å². The Hall–Kier alpha value is -1.07. The fourth-order valence-corrected chi connectivity index (χ4v) is 3.79. The van der Waals surface area contributed by atoms with Gasteiger partial charge >= 0.3 is 0 Å².